The van der Waals surface area contributed by atoms with E-state index in [1.807, 2.05) is 0 Å². The number of carbonyl (C=O) groups is 3. The Hall–Kier alpha value is -2.03. The third kappa shape index (κ3) is 6.10. The van der Waals surface area contributed by atoms with Crippen molar-refractivity contribution in [1.82, 2.24) is 5.32 Å². The number of terminal acetylenes is 1. The molecule has 0 saturated carbocycles. The van der Waals surface area contributed by atoms with Gasteiger partial charge in [0.05, 0.1) is 0 Å². The maximum atomic E-state index is 10.7. The first-order chi connectivity index (χ1) is 6.97. The molecule has 1 amide bonds. The third-order valence-electron chi connectivity index (χ3n) is 1.62. The first-order valence-electron chi connectivity index (χ1n) is 4.19. The summed E-state index contributed by atoms with van der Waals surface area (Å²) in [4.78, 5) is 31.5. The second kappa shape index (κ2) is 6.43. The number of carbonyl (C=O) groups excluding carboxylic acids is 1. The van der Waals surface area contributed by atoms with Crippen molar-refractivity contribution in [2.45, 2.75) is 25.3 Å². The minimum absolute atomic E-state index is 0.0368. The molecular formula is C9H11NO5. The molecule has 6 heteroatoms. The van der Waals surface area contributed by atoms with E-state index in [0.717, 1.165) is 0 Å². The summed E-state index contributed by atoms with van der Waals surface area (Å²) >= 11 is 0. The molecule has 82 valence electrons. The highest BCUT2D eigenvalue weighted by molar-refractivity contribution is 5.95. The van der Waals surface area contributed by atoms with Crippen molar-refractivity contribution in [3.8, 4) is 12.3 Å². The van der Waals surface area contributed by atoms with E-state index in [9.17, 15) is 14.4 Å². The molecule has 6 nitrogen and oxygen atoms in total. The van der Waals surface area contributed by atoms with Crippen LogP contribution in [0.15, 0.2) is 0 Å². The molecule has 0 aliphatic carbocycles. The molecule has 0 spiro atoms. The van der Waals surface area contributed by atoms with Crippen molar-refractivity contribution in [2.24, 2.45) is 0 Å². The van der Waals surface area contributed by atoms with Crippen LogP contribution in [0, 0.1) is 12.3 Å². The lowest BCUT2D eigenvalue weighted by Crippen LogP contribution is -2.40. The molecule has 0 aromatic heterocycles. The Kier molecular flexibility index (Phi) is 5.56. The normalized spacial score (nSPS) is 11.1. The van der Waals surface area contributed by atoms with Crippen LogP contribution in [-0.2, 0) is 14.4 Å². The van der Waals surface area contributed by atoms with Gasteiger partial charge in [-0.25, -0.2) is 4.79 Å². The minimum atomic E-state index is -1.23. The highest BCUT2D eigenvalue weighted by atomic mass is 16.4. The number of nitrogens with one attached hydrogen (secondary N) is 1. The van der Waals surface area contributed by atoms with Crippen molar-refractivity contribution < 1.29 is 24.6 Å². The van der Waals surface area contributed by atoms with Crippen molar-refractivity contribution in [1.29, 1.82) is 0 Å². The van der Waals surface area contributed by atoms with Crippen LogP contribution in [0.4, 0.5) is 0 Å². The maximum Gasteiger partial charge on any atom is 0.326 e. The van der Waals surface area contributed by atoms with Gasteiger partial charge >= 0.3 is 11.9 Å². The first-order valence-corrected chi connectivity index (χ1v) is 4.19. The quantitative estimate of drug-likeness (QED) is 0.513. The van der Waals surface area contributed by atoms with Gasteiger partial charge in [0, 0.05) is 6.42 Å². The molecule has 0 aromatic carbocycles. The molecule has 3 N–H and O–H groups in total. The average Bonchev–Trinajstić information content (AvgIpc) is 2.15. The zero-order valence-corrected chi connectivity index (χ0v) is 7.90. The van der Waals surface area contributed by atoms with Gasteiger partial charge in [0.25, 0.3) is 5.91 Å². The zero-order valence-electron chi connectivity index (χ0n) is 7.90. The van der Waals surface area contributed by atoms with Gasteiger partial charge in [0.15, 0.2) is 0 Å². The SMILES string of the molecule is C#CC(=O)N[C@H](CCCC(=O)O)C(=O)O. The molecule has 0 aliphatic heterocycles. The van der Waals surface area contributed by atoms with Crippen LogP contribution >= 0.6 is 0 Å². The lowest BCUT2D eigenvalue weighted by Gasteiger charge is -2.11. The fraction of sp³-hybridized carbons (Fsp3) is 0.444. The van der Waals surface area contributed by atoms with E-state index in [0.29, 0.717) is 0 Å². The van der Waals surface area contributed by atoms with Crippen LogP contribution in [0.2, 0.25) is 0 Å². The van der Waals surface area contributed by atoms with Gasteiger partial charge in [0.1, 0.15) is 6.04 Å². The fourth-order valence-corrected chi connectivity index (χ4v) is 0.915. The van der Waals surface area contributed by atoms with Crippen LogP contribution < -0.4 is 5.32 Å². The number of rotatable bonds is 6. The van der Waals surface area contributed by atoms with E-state index in [1.165, 1.54) is 0 Å². The Labute approximate surface area is 86.3 Å². The van der Waals surface area contributed by atoms with Crippen molar-refractivity contribution in [3.05, 3.63) is 0 Å². The summed E-state index contributed by atoms with van der Waals surface area (Å²) < 4.78 is 0. The van der Waals surface area contributed by atoms with Gasteiger partial charge in [-0.15, -0.1) is 6.42 Å². The summed E-state index contributed by atoms with van der Waals surface area (Å²) in [6, 6.07) is -1.13. The number of hydrogen-bond donors (Lipinski definition) is 3. The molecular weight excluding hydrogens is 202 g/mol. The monoisotopic (exact) mass is 213 g/mol. The molecule has 0 unspecified atom stereocenters. The molecule has 15 heavy (non-hydrogen) atoms. The van der Waals surface area contributed by atoms with Crippen LogP contribution in [-0.4, -0.2) is 34.1 Å². The lowest BCUT2D eigenvalue weighted by molar-refractivity contribution is -0.142. The smallest absolute Gasteiger partial charge is 0.326 e. The van der Waals surface area contributed by atoms with Crippen LogP contribution in [0.1, 0.15) is 19.3 Å². The largest absolute Gasteiger partial charge is 0.481 e. The van der Waals surface area contributed by atoms with E-state index in [-0.39, 0.29) is 19.3 Å². The first kappa shape index (κ1) is 13.0. The maximum absolute atomic E-state index is 10.7. The number of amides is 1. The molecule has 0 aromatic rings. The number of hydrogen-bond acceptors (Lipinski definition) is 3. The van der Waals surface area contributed by atoms with Crippen LogP contribution in [0.3, 0.4) is 0 Å². The standard InChI is InChI=1S/C9H11NO5/c1-2-7(11)10-6(9(14)15)4-3-5-8(12)13/h1,6H,3-5H2,(H,10,11)(H,12,13)(H,14,15)/t6-/m1/s1. The van der Waals surface area contributed by atoms with Crippen molar-refractivity contribution >= 4 is 17.8 Å². The molecule has 0 bridgehead atoms. The molecule has 0 fully saturated rings. The second-order valence-corrected chi connectivity index (χ2v) is 2.79. The molecule has 0 saturated heterocycles. The van der Waals surface area contributed by atoms with Gasteiger partial charge in [-0.3, -0.25) is 9.59 Å². The summed E-state index contributed by atoms with van der Waals surface area (Å²) in [5.41, 5.74) is 0. The predicted octanol–water partition coefficient (Wildman–Crippen LogP) is -0.556. The second-order valence-electron chi connectivity index (χ2n) is 2.79. The van der Waals surface area contributed by atoms with E-state index in [4.69, 9.17) is 16.6 Å². The molecule has 0 radical (unpaired) electrons. The Morgan fingerprint density at radius 2 is 1.93 bits per heavy atom. The van der Waals surface area contributed by atoms with Gasteiger partial charge in [0.2, 0.25) is 0 Å². The van der Waals surface area contributed by atoms with E-state index in [1.54, 1.807) is 5.92 Å². The van der Waals surface area contributed by atoms with Gasteiger partial charge in [-0.2, -0.15) is 0 Å². The Balaban J connectivity index is 4.07. The Morgan fingerprint density at radius 3 is 2.33 bits per heavy atom. The summed E-state index contributed by atoms with van der Waals surface area (Å²) in [5, 5.41) is 19.1. The lowest BCUT2D eigenvalue weighted by atomic mass is 10.1. The summed E-state index contributed by atoms with van der Waals surface area (Å²) in [7, 11) is 0. The fourth-order valence-electron chi connectivity index (χ4n) is 0.915. The number of carboxylic acids is 2. The van der Waals surface area contributed by atoms with E-state index >= 15 is 0 Å². The molecule has 0 heterocycles. The molecule has 0 aliphatic rings. The highest BCUT2D eigenvalue weighted by Gasteiger charge is 2.18. The zero-order chi connectivity index (χ0) is 11.8. The Bertz CT molecular complexity index is 304. The number of carboxylic acid groups (broad SMARTS) is 2. The molecule has 0 rings (SSSR count). The minimum Gasteiger partial charge on any atom is -0.481 e. The van der Waals surface area contributed by atoms with Crippen LogP contribution in [0.25, 0.3) is 0 Å². The van der Waals surface area contributed by atoms with E-state index in [2.05, 4.69) is 5.32 Å². The topological polar surface area (TPSA) is 104 Å². The van der Waals surface area contributed by atoms with Gasteiger partial charge < -0.3 is 15.5 Å². The van der Waals surface area contributed by atoms with Crippen molar-refractivity contribution in [3.63, 3.8) is 0 Å². The summed E-state index contributed by atoms with van der Waals surface area (Å²) in [6.45, 7) is 0. The average molecular weight is 213 g/mol. The Morgan fingerprint density at radius 1 is 1.33 bits per heavy atom. The predicted molar refractivity (Wildman–Crippen MR) is 49.9 cm³/mol. The third-order valence-corrected chi connectivity index (χ3v) is 1.62. The van der Waals surface area contributed by atoms with Gasteiger partial charge in [-0.05, 0) is 18.8 Å². The van der Waals surface area contributed by atoms with E-state index < -0.39 is 23.9 Å². The number of aliphatic carboxylic acids is 2. The summed E-state index contributed by atoms with van der Waals surface area (Å²) in [5.74, 6) is -1.35. The summed E-state index contributed by atoms with van der Waals surface area (Å²) in [6.07, 6.45) is 4.81. The van der Waals surface area contributed by atoms with Crippen molar-refractivity contribution in [2.75, 3.05) is 0 Å². The molecule has 1 atom stereocenters. The van der Waals surface area contributed by atoms with Crippen LogP contribution in [0.5, 0.6) is 0 Å². The highest BCUT2D eigenvalue weighted by Crippen LogP contribution is 2.01. The van der Waals surface area contributed by atoms with Gasteiger partial charge in [-0.1, -0.05) is 0 Å².